The summed E-state index contributed by atoms with van der Waals surface area (Å²) in [7, 11) is 2.10. The molecule has 0 radical (unpaired) electrons. The van der Waals surface area contributed by atoms with Crippen LogP contribution in [0.2, 0.25) is 0 Å². The Labute approximate surface area is 128 Å². The van der Waals surface area contributed by atoms with E-state index in [0.717, 1.165) is 29.7 Å². The number of rotatable bonds is 2. The Balaban J connectivity index is 1.96. The van der Waals surface area contributed by atoms with Gasteiger partial charge in [-0.05, 0) is 35.4 Å². The van der Waals surface area contributed by atoms with E-state index in [9.17, 15) is 20.4 Å². The van der Waals surface area contributed by atoms with Gasteiger partial charge in [-0.1, -0.05) is 6.07 Å². The van der Waals surface area contributed by atoms with E-state index in [1.807, 2.05) is 0 Å². The molecule has 116 valence electrons. The highest BCUT2D eigenvalue weighted by Crippen LogP contribution is 2.34. The SMILES string of the molecule is C[NH+]1CCc2cc(O)c(O)cc2[C@@H]1Cc1ccc(O)c(O)c1. The summed E-state index contributed by atoms with van der Waals surface area (Å²) >= 11 is 0. The standard InChI is InChI=1S/C17H19NO4/c1-18-5-4-11-8-16(21)17(22)9-12(11)13(18)6-10-2-3-14(19)15(20)7-10/h2-3,7-9,13,19-22H,4-6H2,1H3/p+1/t13-/m0/s1. The topological polar surface area (TPSA) is 85.4 Å². The zero-order valence-corrected chi connectivity index (χ0v) is 12.4. The van der Waals surface area contributed by atoms with Crippen molar-refractivity contribution in [2.45, 2.75) is 18.9 Å². The number of hydrogen-bond donors (Lipinski definition) is 5. The second-order valence-electron chi connectivity index (χ2n) is 5.97. The highest BCUT2D eigenvalue weighted by Gasteiger charge is 2.29. The van der Waals surface area contributed by atoms with Crippen LogP contribution in [0.4, 0.5) is 0 Å². The minimum absolute atomic E-state index is 0.0840. The van der Waals surface area contributed by atoms with Crippen LogP contribution in [0.25, 0.3) is 0 Å². The van der Waals surface area contributed by atoms with Gasteiger partial charge in [0.1, 0.15) is 6.04 Å². The Bertz CT molecular complexity index is 714. The Morgan fingerprint density at radius 1 is 0.955 bits per heavy atom. The Hall–Kier alpha value is -2.40. The second-order valence-corrected chi connectivity index (χ2v) is 5.97. The van der Waals surface area contributed by atoms with E-state index < -0.39 is 0 Å². The molecule has 5 nitrogen and oxygen atoms in total. The predicted octanol–water partition coefficient (Wildman–Crippen LogP) is 0.864. The number of hydrogen-bond acceptors (Lipinski definition) is 4. The van der Waals surface area contributed by atoms with E-state index in [1.54, 1.807) is 24.3 Å². The summed E-state index contributed by atoms with van der Waals surface area (Å²) in [6.45, 7) is 0.936. The molecule has 5 N–H and O–H groups in total. The highest BCUT2D eigenvalue weighted by molar-refractivity contribution is 5.48. The van der Waals surface area contributed by atoms with Gasteiger partial charge in [-0.15, -0.1) is 0 Å². The van der Waals surface area contributed by atoms with Crippen LogP contribution in [0, 0.1) is 0 Å². The minimum Gasteiger partial charge on any atom is -0.504 e. The summed E-state index contributed by atoms with van der Waals surface area (Å²) in [6.07, 6.45) is 1.53. The predicted molar refractivity (Wildman–Crippen MR) is 81.4 cm³/mol. The number of quaternary nitrogens is 1. The first kappa shape index (κ1) is 14.5. The van der Waals surface area contributed by atoms with Crippen molar-refractivity contribution in [2.75, 3.05) is 13.6 Å². The lowest BCUT2D eigenvalue weighted by molar-refractivity contribution is -0.914. The van der Waals surface area contributed by atoms with Gasteiger partial charge >= 0.3 is 0 Å². The van der Waals surface area contributed by atoms with Crippen LogP contribution in [0.1, 0.15) is 22.7 Å². The fraction of sp³-hybridized carbons (Fsp3) is 0.294. The molecule has 0 aliphatic carbocycles. The zero-order chi connectivity index (χ0) is 15.9. The lowest BCUT2D eigenvalue weighted by atomic mass is 9.88. The van der Waals surface area contributed by atoms with Crippen molar-refractivity contribution in [1.29, 1.82) is 0 Å². The van der Waals surface area contributed by atoms with Crippen LogP contribution >= 0.6 is 0 Å². The lowest BCUT2D eigenvalue weighted by Gasteiger charge is -2.32. The molecular formula is C17H20NO4+. The van der Waals surface area contributed by atoms with Crippen LogP contribution in [0.3, 0.4) is 0 Å². The van der Waals surface area contributed by atoms with Crippen LogP contribution < -0.4 is 4.90 Å². The maximum Gasteiger partial charge on any atom is 0.157 e. The molecule has 1 aliphatic rings. The van der Waals surface area contributed by atoms with Crippen LogP contribution in [0.5, 0.6) is 23.0 Å². The van der Waals surface area contributed by atoms with Gasteiger partial charge in [0.05, 0.1) is 13.6 Å². The van der Waals surface area contributed by atoms with Gasteiger partial charge in [0.2, 0.25) is 0 Å². The number of likely N-dealkylation sites (N-methyl/N-ethyl adjacent to an activating group) is 1. The molecule has 5 heteroatoms. The first-order valence-corrected chi connectivity index (χ1v) is 7.33. The third kappa shape index (κ3) is 2.55. The summed E-state index contributed by atoms with van der Waals surface area (Å²) < 4.78 is 0. The highest BCUT2D eigenvalue weighted by atomic mass is 16.3. The number of benzene rings is 2. The summed E-state index contributed by atoms with van der Waals surface area (Å²) in [5.74, 6) is -0.442. The number of phenolic OH excluding ortho intramolecular Hbond substituents is 4. The van der Waals surface area contributed by atoms with Crippen molar-refractivity contribution in [1.82, 2.24) is 0 Å². The number of nitrogens with one attached hydrogen (secondary N) is 1. The molecule has 0 spiro atoms. The molecule has 0 saturated carbocycles. The van der Waals surface area contributed by atoms with E-state index in [2.05, 4.69) is 7.05 Å². The number of phenols is 4. The summed E-state index contributed by atoms with van der Waals surface area (Å²) in [5, 5.41) is 38.5. The van der Waals surface area contributed by atoms with Gasteiger partial charge in [-0.2, -0.15) is 0 Å². The van der Waals surface area contributed by atoms with Gasteiger partial charge in [-0.3, -0.25) is 0 Å². The van der Waals surface area contributed by atoms with Gasteiger partial charge in [-0.25, -0.2) is 0 Å². The van der Waals surface area contributed by atoms with Crippen molar-refractivity contribution in [3.8, 4) is 23.0 Å². The fourth-order valence-corrected chi connectivity index (χ4v) is 3.16. The largest absolute Gasteiger partial charge is 0.504 e. The summed E-state index contributed by atoms with van der Waals surface area (Å²) in [4.78, 5) is 1.31. The van der Waals surface area contributed by atoms with Crippen LogP contribution in [-0.4, -0.2) is 34.0 Å². The third-order valence-corrected chi connectivity index (χ3v) is 4.47. The first-order chi connectivity index (χ1) is 10.5. The maximum atomic E-state index is 9.79. The number of aromatic hydroxyl groups is 4. The molecule has 2 aromatic rings. The van der Waals surface area contributed by atoms with Gasteiger partial charge in [0, 0.05) is 18.4 Å². The van der Waals surface area contributed by atoms with Crippen LogP contribution in [-0.2, 0) is 12.8 Å². The van der Waals surface area contributed by atoms with Gasteiger partial charge < -0.3 is 25.3 Å². The third-order valence-electron chi connectivity index (χ3n) is 4.47. The molecule has 2 aromatic carbocycles. The molecule has 0 bridgehead atoms. The monoisotopic (exact) mass is 302 g/mol. The molecule has 3 rings (SSSR count). The molecular weight excluding hydrogens is 282 g/mol. The Morgan fingerprint density at radius 3 is 2.36 bits per heavy atom. The van der Waals surface area contributed by atoms with Gasteiger partial charge in [0.15, 0.2) is 23.0 Å². The summed E-state index contributed by atoms with van der Waals surface area (Å²) in [6, 6.07) is 8.24. The van der Waals surface area contributed by atoms with E-state index >= 15 is 0 Å². The molecule has 1 heterocycles. The van der Waals surface area contributed by atoms with E-state index in [1.165, 1.54) is 11.0 Å². The molecule has 0 amide bonds. The molecule has 22 heavy (non-hydrogen) atoms. The quantitative estimate of drug-likeness (QED) is 0.533. The van der Waals surface area contributed by atoms with Crippen LogP contribution in [0.15, 0.2) is 30.3 Å². The molecule has 0 aromatic heterocycles. The smallest absolute Gasteiger partial charge is 0.157 e. The maximum absolute atomic E-state index is 9.79. The molecule has 1 aliphatic heterocycles. The first-order valence-electron chi connectivity index (χ1n) is 7.33. The fourth-order valence-electron chi connectivity index (χ4n) is 3.16. The average molecular weight is 302 g/mol. The molecule has 0 fully saturated rings. The normalized spacial score (nSPS) is 20.6. The van der Waals surface area contributed by atoms with Crippen molar-refractivity contribution < 1.29 is 25.3 Å². The Kier molecular flexibility index (Phi) is 3.58. The van der Waals surface area contributed by atoms with E-state index in [0.29, 0.717) is 6.42 Å². The zero-order valence-electron chi connectivity index (χ0n) is 12.4. The van der Waals surface area contributed by atoms with Crippen molar-refractivity contribution in [3.63, 3.8) is 0 Å². The lowest BCUT2D eigenvalue weighted by Crippen LogP contribution is -3.10. The van der Waals surface area contributed by atoms with Crippen molar-refractivity contribution in [2.24, 2.45) is 0 Å². The van der Waals surface area contributed by atoms with Crippen molar-refractivity contribution >= 4 is 0 Å². The second kappa shape index (κ2) is 5.42. The molecule has 2 atom stereocenters. The van der Waals surface area contributed by atoms with Crippen molar-refractivity contribution in [3.05, 3.63) is 47.0 Å². The summed E-state index contributed by atoms with van der Waals surface area (Å²) in [5.41, 5.74) is 2.99. The van der Waals surface area contributed by atoms with E-state index in [4.69, 9.17) is 0 Å². The average Bonchev–Trinajstić information content (AvgIpc) is 2.48. The minimum atomic E-state index is -0.129. The van der Waals surface area contributed by atoms with Gasteiger partial charge in [0.25, 0.3) is 0 Å². The Morgan fingerprint density at radius 2 is 1.64 bits per heavy atom. The van der Waals surface area contributed by atoms with E-state index in [-0.39, 0.29) is 29.0 Å². The molecule has 0 saturated heterocycles. The molecule has 1 unspecified atom stereocenters. The number of fused-ring (bicyclic) bond motifs is 1.